The van der Waals surface area contributed by atoms with Gasteiger partial charge in [-0.2, -0.15) is 0 Å². The smallest absolute Gasteiger partial charge is 0.253 e. The molecule has 1 aromatic carbocycles. The monoisotopic (exact) mass is 422 g/mol. The zero-order chi connectivity index (χ0) is 22.6. The number of nitrogens with one attached hydrogen (secondary N) is 2. The minimum Gasteiger partial charge on any atom is -0.347 e. The molecule has 31 heavy (non-hydrogen) atoms. The standard InChI is InChI=1S/C24H30N4O3/c1-16-5-10-20(25-15-16)26-21(29)18-11-13-28(14-12-18)23(31)19-8-6-17(7-9-19)22(30)27-24(2,3)4/h5-10,15,18H,11-14H2,1-4H3,(H,27,30)(H,25,26,29). The van der Waals surface area contributed by atoms with Gasteiger partial charge < -0.3 is 15.5 Å². The van der Waals surface area contributed by atoms with Gasteiger partial charge in [0.1, 0.15) is 5.82 Å². The van der Waals surface area contributed by atoms with Gasteiger partial charge in [0.25, 0.3) is 11.8 Å². The Morgan fingerprint density at radius 1 is 0.968 bits per heavy atom. The summed E-state index contributed by atoms with van der Waals surface area (Å²) in [4.78, 5) is 43.5. The van der Waals surface area contributed by atoms with Crippen LogP contribution in [0.1, 0.15) is 59.9 Å². The molecule has 2 aromatic rings. The van der Waals surface area contributed by atoms with E-state index in [-0.39, 0.29) is 29.2 Å². The number of pyridine rings is 1. The Morgan fingerprint density at radius 3 is 2.13 bits per heavy atom. The molecule has 0 spiro atoms. The van der Waals surface area contributed by atoms with Gasteiger partial charge in [-0.25, -0.2) is 4.98 Å². The summed E-state index contributed by atoms with van der Waals surface area (Å²) in [5, 5.41) is 5.76. The van der Waals surface area contributed by atoms with Crippen molar-refractivity contribution >= 4 is 23.5 Å². The van der Waals surface area contributed by atoms with Crippen LogP contribution in [0.15, 0.2) is 42.6 Å². The van der Waals surface area contributed by atoms with Crippen LogP contribution < -0.4 is 10.6 Å². The quantitative estimate of drug-likeness (QED) is 0.790. The Balaban J connectivity index is 1.53. The molecule has 3 rings (SSSR count). The molecule has 1 fully saturated rings. The molecule has 2 heterocycles. The molecule has 1 aliphatic rings. The maximum Gasteiger partial charge on any atom is 0.253 e. The van der Waals surface area contributed by atoms with E-state index in [4.69, 9.17) is 0 Å². The predicted molar refractivity (Wildman–Crippen MR) is 120 cm³/mol. The molecule has 0 atom stereocenters. The van der Waals surface area contributed by atoms with Crippen molar-refractivity contribution in [2.24, 2.45) is 5.92 Å². The first-order chi connectivity index (χ1) is 14.6. The van der Waals surface area contributed by atoms with Crippen molar-refractivity contribution in [3.8, 4) is 0 Å². The fourth-order valence-corrected chi connectivity index (χ4v) is 3.47. The first-order valence-electron chi connectivity index (χ1n) is 10.6. The van der Waals surface area contributed by atoms with Crippen molar-refractivity contribution in [2.75, 3.05) is 18.4 Å². The number of anilines is 1. The Labute approximate surface area is 183 Å². The van der Waals surface area contributed by atoms with Crippen LogP contribution in [0.25, 0.3) is 0 Å². The third kappa shape index (κ3) is 6.13. The van der Waals surface area contributed by atoms with Gasteiger partial charge in [-0.15, -0.1) is 0 Å². The number of rotatable bonds is 4. The van der Waals surface area contributed by atoms with E-state index in [2.05, 4.69) is 15.6 Å². The van der Waals surface area contributed by atoms with Crippen molar-refractivity contribution in [1.82, 2.24) is 15.2 Å². The molecule has 1 aliphatic heterocycles. The van der Waals surface area contributed by atoms with Gasteiger partial charge in [-0.05, 0) is 76.4 Å². The van der Waals surface area contributed by atoms with E-state index in [1.165, 1.54) is 0 Å². The Morgan fingerprint density at radius 2 is 1.58 bits per heavy atom. The molecule has 1 saturated heterocycles. The summed E-state index contributed by atoms with van der Waals surface area (Å²) in [5.41, 5.74) is 1.77. The number of carbonyl (C=O) groups is 3. The van der Waals surface area contributed by atoms with Gasteiger partial charge in [-0.3, -0.25) is 14.4 Å². The van der Waals surface area contributed by atoms with Crippen LogP contribution in [-0.4, -0.2) is 46.2 Å². The molecule has 0 bridgehead atoms. The van der Waals surface area contributed by atoms with Crippen LogP contribution >= 0.6 is 0 Å². The molecule has 164 valence electrons. The summed E-state index contributed by atoms with van der Waals surface area (Å²) in [7, 11) is 0. The highest BCUT2D eigenvalue weighted by molar-refractivity contribution is 5.98. The van der Waals surface area contributed by atoms with E-state index >= 15 is 0 Å². The van der Waals surface area contributed by atoms with Crippen LogP contribution in [0, 0.1) is 12.8 Å². The number of hydrogen-bond donors (Lipinski definition) is 2. The van der Waals surface area contributed by atoms with Gasteiger partial charge in [-0.1, -0.05) is 6.07 Å². The first kappa shape index (κ1) is 22.5. The predicted octanol–water partition coefficient (Wildman–Crippen LogP) is 3.41. The van der Waals surface area contributed by atoms with E-state index in [1.54, 1.807) is 41.4 Å². The van der Waals surface area contributed by atoms with Gasteiger partial charge in [0.2, 0.25) is 5.91 Å². The van der Waals surface area contributed by atoms with Gasteiger partial charge in [0, 0.05) is 41.9 Å². The average Bonchev–Trinajstić information content (AvgIpc) is 2.74. The minimum atomic E-state index is -0.322. The van der Waals surface area contributed by atoms with Crippen LogP contribution in [0.3, 0.4) is 0 Å². The molecular weight excluding hydrogens is 392 g/mol. The fourth-order valence-electron chi connectivity index (χ4n) is 3.47. The molecule has 3 amide bonds. The molecule has 2 N–H and O–H groups in total. The van der Waals surface area contributed by atoms with Crippen molar-refractivity contribution in [3.05, 3.63) is 59.3 Å². The number of amides is 3. The second-order valence-corrected chi connectivity index (χ2v) is 9.06. The topological polar surface area (TPSA) is 91.4 Å². The second-order valence-electron chi connectivity index (χ2n) is 9.06. The molecule has 0 radical (unpaired) electrons. The highest BCUT2D eigenvalue weighted by atomic mass is 16.2. The molecule has 0 unspecified atom stereocenters. The van der Waals surface area contributed by atoms with Crippen molar-refractivity contribution in [1.29, 1.82) is 0 Å². The summed E-state index contributed by atoms with van der Waals surface area (Å²) in [6.07, 6.45) is 2.93. The van der Waals surface area contributed by atoms with E-state index in [0.29, 0.717) is 42.9 Å². The number of likely N-dealkylation sites (tertiary alicyclic amines) is 1. The summed E-state index contributed by atoms with van der Waals surface area (Å²) in [5.74, 6) is 0.0983. The van der Waals surface area contributed by atoms with Crippen LogP contribution in [0.2, 0.25) is 0 Å². The number of benzene rings is 1. The third-order valence-corrected chi connectivity index (χ3v) is 5.20. The zero-order valence-electron chi connectivity index (χ0n) is 18.6. The first-order valence-corrected chi connectivity index (χ1v) is 10.6. The second kappa shape index (κ2) is 9.29. The van der Waals surface area contributed by atoms with Crippen molar-refractivity contribution < 1.29 is 14.4 Å². The largest absolute Gasteiger partial charge is 0.347 e. The van der Waals surface area contributed by atoms with Gasteiger partial charge in [0.05, 0.1) is 0 Å². The maximum atomic E-state index is 12.8. The molecule has 0 aliphatic carbocycles. The number of nitrogens with zero attached hydrogens (tertiary/aromatic N) is 2. The lowest BCUT2D eigenvalue weighted by Gasteiger charge is -2.31. The summed E-state index contributed by atoms with van der Waals surface area (Å²) in [6.45, 7) is 8.74. The SMILES string of the molecule is Cc1ccc(NC(=O)C2CCN(C(=O)c3ccc(C(=O)NC(C)(C)C)cc3)CC2)nc1. The summed E-state index contributed by atoms with van der Waals surface area (Å²) >= 11 is 0. The average molecular weight is 423 g/mol. The van der Waals surface area contributed by atoms with E-state index in [0.717, 1.165) is 5.56 Å². The fraction of sp³-hybridized carbons (Fsp3) is 0.417. The Hall–Kier alpha value is -3.22. The lowest BCUT2D eigenvalue weighted by atomic mass is 9.95. The number of hydrogen-bond acceptors (Lipinski definition) is 4. The number of piperidine rings is 1. The highest BCUT2D eigenvalue weighted by Gasteiger charge is 2.28. The third-order valence-electron chi connectivity index (χ3n) is 5.20. The molecule has 0 saturated carbocycles. The highest BCUT2D eigenvalue weighted by Crippen LogP contribution is 2.21. The van der Waals surface area contributed by atoms with E-state index in [1.807, 2.05) is 33.8 Å². The molecule has 7 heteroatoms. The Bertz CT molecular complexity index is 938. The van der Waals surface area contributed by atoms with Gasteiger partial charge >= 0.3 is 0 Å². The molecular formula is C24H30N4O3. The maximum absolute atomic E-state index is 12.8. The Kier molecular flexibility index (Phi) is 6.73. The number of carbonyl (C=O) groups excluding carboxylic acids is 3. The van der Waals surface area contributed by atoms with Gasteiger partial charge in [0.15, 0.2) is 0 Å². The number of aryl methyl sites for hydroxylation is 1. The van der Waals surface area contributed by atoms with Crippen LogP contribution in [-0.2, 0) is 4.79 Å². The van der Waals surface area contributed by atoms with E-state index in [9.17, 15) is 14.4 Å². The lowest BCUT2D eigenvalue weighted by molar-refractivity contribution is -0.121. The normalized spacial score (nSPS) is 14.8. The summed E-state index contributed by atoms with van der Waals surface area (Å²) < 4.78 is 0. The van der Waals surface area contributed by atoms with Crippen molar-refractivity contribution in [2.45, 2.75) is 46.1 Å². The molecule has 7 nitrogen and oxygen atoms in total. The zero-order valence-corrected chi connectivity index (χ0v) is 18.6. The number of aromatic nitrogens is 1. The van der Waals surface area contributed by atoms with E-state index < -0.39 is 0 Å². The molecule has 1 aromatic heterocycles. The van der Waals surface area contributed by atoms with Crippen LogP contribution in [0.4, 0.5) is 5.82 Å². The van der Waals surface area contributed by atoms with Crippen LogP contribution in [0.5, 0.6) is 0 Å². The summed E-state index contributed by atoms with van der Waals surface area (Å²) in [6, 6.07) is 10.4. The minimum absolute atomic E-state index is 0.0577. The lowest BCUT2D eigenvalue weighted by Crippen LogP contribution is -2.41. The van der Waals surface area contributed by atoms with Crippen molar-refractivity contribution in [3.63, 3.8) is 0 Å².